The van der Waals surface area contributed by atoms with Gasteiger partial charge in [-0.2, -0.15) is 0 Å². The summed E-state index contributed by atoms with van der Waals surface area (Å²) in [5.74, 6) is -0.130. The molecule has 7 heteroatoms. The summed E-state index contributed by atoms with van der Waals surface area (Å²) < 4.78 is 33.5. The number of amides is 1. The number of nitrogens with zero attached hydrogens (tertiary/aromatic N) is 1. The highest BCUT2D eigenvalue weighted by Crippen LogP contribution is 2.35. The molecule has 0 aromatic heterocycles. The molecule has 1 amide bonds. The molecule has 1 heterocycles. The maximum Gasteiger partial charge on any atom is 0.263 e. The molecule has 3 aromatic rings. The number of carbonyl (C=O) groups is 1. The van der Waals surface area contributed by atoms with E-state index in [0.29, 0.717) is 23.5 Å². The molecule has 0 saturated heterocycles. The molecule has 154 valence electrons. The standard InChI is InChI=1S/C23H22N2O4S/c26-23(24-15-18-9-3-1-4-10-18)22-16-25(20-13-7-8-14-21(20)29-22)30(27,28)17-19-11-5-2-6-12-19/h1-14,22H,15-17H2,(H,24,26)/t22-/m1/s1. The van der Waals surface area contributed by atoms with Gasteiger partial charge in [-0.25, -0.2) is 8.42 Å². The van der Waals surface area contributed by atoms with Gasteiger partial charge in [-0.15, -0.1) is 0 Å². The summed E-state index contributed by atoms with van der Waals surface area (Å²) >= 11 is 0. The normalized spacial score (nSPS) is 15.7. The number of carbonyl (C=O) groups excluding carboxylic acids is 1. The lowest BCUT2D eigenvalue weighted by Gasteiger charge is -2.34. The summed E-state index contributed by atoms with van der Waals surface area (Å²) in [7, 11) is -3.71. The summed E-state index contributed by atoms with van der Waals surface area (Å²) in [5, 5.41) is 2.84. The highest BCUT2D eigenvalue weighted by Gasteiger charge is 2.36. The molecule has 0 bridgehead atoms. The zero-order valence-electron chi connectivity index (χ0n) is 16.3. The van der Waals surface area contributed by atoms with Crippen molar-refractivity contribution in [3.63, 3.8) is 0 Å². The lowest BCUT2D eigenvalue weighted by Crippen LogP contribution is -2.50. The number of rotatable bonds is 6. The van der Waals surface area contributed by atoms with E-state index in [1.54, 1.807) is 48.5 Å². The van der Waals surface area contributed by atoms with Crippen LogP contribution in [-0.2, 0) is 27.1 Å². The number of ether oxygens (including phenoxy) is 1. The molecule has 1 atom stereocenters. The molecule has 0 saturated carbocycles. The number of hydrogen-bond donors (Lipinski definition) is 1. The maximum absolute atomic E-state index is 13.2. The van der Waals surface area contributed by atoms with Crippen LogP contribution in [0.3, 0.4) is 0 Å². The first-order valence-corrected chi connectivity index (χ1v) is 11.3. The molecule has 1 N–H and O–H groups in total. The number of para-hydroxylation sites is 2. The quantitative estimate of drug-likeness (QED) is 0.662. The van der Waals surface area contributed by atoms with Crippen molar-refractivity contribution < 1.29 is 17.9 Å². The molecule has 4 rings (SSSR count). The first-order valence-electron chi connectivity index (χ1n) is 9.64. The van der Waals surface area contributed by atoms with Gasteiger partial charge in [0.15, 0.2) is 6.10 Å². The third kappa shape index (κ3) is 4.46. The van der Waals surface area contributed by atoms with Gasteiger partial charge in [-0.05, 0) is 23.3 Å². The average molecular weight is 423 g/mol. The Morgan fingerprint density at radius 2 is 1.50 bits per heavy atom. The van der Waals surface area contributed by atoms with E-state index in [1.165, 1.54) is 4.31 Å². The van der Waals surface area contributed by atoms with Crippen LogP contribution in [0.4, 0.5) is 5.69 Å². The van der Waals surface area contributed by atoms with Crippen LogP contribution < -0.4 is 14.4 Å². The van der Waals surface area contributed by atoms with Crippen LogP contribution in [0.1, 0.15) is 11.1 Å². The van der Waals surface area contributed by atoms with Gasteiger partial charge >= 0.3 is 0 Å². The third-order valence-corrected chi connectivity index (χ3v) is 6.58. The number of hydrogen-bond acceptors (Lipinski definition) is 4. The van der Waals surface area contributed by atoms with Crippen molar-refractivity contribution in [3.8, 4) is 5.75 Å². The molecule has 0 spiro atoms. The van der Waals surface area contributed by atoms with Gasteiger partial charge in [0.2, 0.25) is 10.0 Å². The van der Waals surface area contributed by atoms with Crippen LogP contribution in [0.5, 0.6) is 5.75 Å². The zero-order valence-corrected chi connectivity index (χ0v) is 17.1. The molecular weight excluding hydrogens is 400 g/mol. The first-order chi connectivity index (χ1) is 14.5. The van der Waals surface area contributed by atoms with Gasteiger partial charge in [0, 0.05) is 6.54 Å². The van der Waals surface area contributed by atoms with Crippen LogP contribution in [0.2, 0.25) is 0 Å². The second-order valence-electron chi connectivity index (χ2n) is 7.05. The molecule has 0 unspecified atom stereocenters. The molecular formula is C23H22N2O4S. The van der Waals surface area contributed by atoms with Gasteiger partial charge in [0.1, 0.15) is 5.75 Å². The molecule has 1 aliphatic rings. The Labute approximate surface area is 176 Å². The van der Waals surface area contributed by atoms with Gasteiger partial charge in [-0.3, -0.25) is 9.10 Å². The van der Waals surface area contributed by atoms with Crippen LogP contribution in [0, 0.1) is 0 Å². The number of anilines is 1. The highest BCUT2D eigenvalue weighted by molar-refractivity contribution is 7.92. The molecule has 30 heavy (non-hydrogen) atoms. The summed E-state index contributed by atoms with van der Waals surface area (Å²) in [6, 6.07) is 25.4. The highest BCUT2D eigenvalue weighted by atomic mass is 32.2. The van der Waals surface area contributed by atoms with Crippen molar-refractivity contribution in [2.45, 2.75) is 18.4 Å². The average Bonchev–Trinajstić information content (AvgIpc) is 2.77. The van der Waals surface area contributed by atoms with E-state index in [1.807, 2.05) is 36.4 Å². The minimum absolute atomic E-state index is 0.0766. The van der Waals surface area contributed by atoms with Crippen molar-refractivity contribution in [1.29, 1.82) is 0 Å². The Balaban J connectivity index is 1.55. The minimum atomic E-state index is -3.71. The van der Waals surface area contributed by atoms with Gasteiger partial charge in [0.25, 0.3) is 5.91 Å². The molecule has 0 radical (unpaired) electrons. The van der Waals surface area contributed by atoms with Crippen molar-refractivity contribution in [2.24, 2.45) is 0 Å². The molecule has 1 aliphatic heterocycles. The fraction of sp³-hybridized carbons (Fsp3) is 0.174. The van der Waals surface area contributed by atoms with E-state index in [4.69, 9.17) is 4.74 Å². The smallest absolute Gasteiger partial charge is 0.263 e. The zero-order chi connectivity index (χ0) is 21.0. The fourth-order valence-corrected chi connectivity index (χ4v) is 4.95. The predicted molar refractivity (Wildman–Crippen MR) is 116 cm³/mol. The fourth-order valence-electron chi connectivity index (χ4n) is 3.36. The van der Waals surface area contributed by atoms with Crippen molar-refractivity contribution in [1.82, 2.24) is 5.32 Å². The number of fused-ring (bicyclic) bond motifs is 1. The van der Waals surface area contributed by atoms with Gasteiger partial charge in [0.05, 0.1) is 18.0 Å². The monoisotopic (exact) mass is 422 g/mol. The molecule has 0 fully saturated rings. The Kier molecular flexibility index (Phi) is 5.72. The number of sulfonamides is 1. The van der Waals surface area contributed by atoms with E-state index in [2.05, 4.69) is 5.32 Å². The Morgan fingerprint density at radius 1 is 0.900 bits per heavy atom. The molecule has 6 nitrogen and oxygen atoms in total. The Morgan fingerprint density at radius 3 is 2.20 bits per heavy atom. The summed E-state index contributed by atoms with van der Waals surface area (Å²) in [4.78, 5) is 12.8. The van der Waals surface area contributed by atoms with E-state index >= 15 is 0 Å². The topological polar surface area (TPSA) is 75.7 Å². The maximum atomic E-state index is 13.2. The van der Waals surface area contributed by atoms with Crippen molar-refractivity contribution >= 4 is 21.6 Å². The second-order valence-corrected chi connectivity index (χ2v) is 8.94. The van der Waals surface area contributed by atoms with Crippen LogP contribution >= 0.6 is 0 Å². The van der Waals surface area contributed by atoms with Crippen molar-refractivity contribution in [3.05, 3.63) is 96.1 Å². The lowest BCUT2D eigenvalue weighted by atomic mass is 10.2. The predicted octanol–water partition coefficient (Wildman–Crippen LogP) is 3.10. The van der Waals surface area contributed by atoms with Crippen LogP contribution in [0.15, 0.2) is 84.9 Å². The van der Waals surface area contributed by atoms with Gasteiger partial charge in [-0.1, -0.05) is 72.8 Å². The van der Waals surface area contributed by atoms with Crippen molar-refractivity contribution in [2.75, 3.05) is 10.8 Å². The minimum Gasteiger partial charge on any atom is -0.476 e. The Hall–Kier alpha value is -3.32. The third-order valence-electron chi connectivity index (χ3n) is 4.86. The Bertz CT molecular complexity index is 1120. The molecule has 0 aliphatic carbocycles. The second kappa shape index (κ2) is 8.59. The van der Waals surface area contributed by atoms with E-state index < -0.39 is 16.1 Å². The lowest BCUT2D eigenvalue weighted by molar-refractivity contribution is -0.127. The van der Waals surface area contributed by atoms with Gasteiger partial charge < -0.3 is 10.1 Å². The SMILES string of the molecule is O=C(NCc1ccccc1)[C@H]1CN(S(=O)(=O)Cc2ccccc2)c2ccccc2O1. The molecule has 3 aromatic carbocycles. The van der Waals surface area contributed by atoms with E-state index in [0.717, 1.165) is 5.56 Å². The largest absolute Gasteiger partial charge is 0.476 e. The first kappa shape index (κ1) is 20.0. The van der Waals surface area contributed by atoms with Crippen LogP contribution in [-0.4, -0.2) is 27.0 Å². The number of benzene rings is 3. The summed E-state index contributed by atoms with van der Waals surface area (Å²) in [6.45, 7) is 0.269. The number of nitrogens with one attached hydrogen (secondary N) is 1. The summed E-state index contributed by atoms with van der Waals surface area (Å²) in [6.07, 6.45) is -0.936. The van der Waals surface area contributed by atoms with E-state index in [9.17, 15) is 13.2 Å². The van der Waals surface area contributed by atoms with E-state index in [-0.39, 0.29) is 18.2 Å². The summed E-state index contributed by atoms with van der Waals surface area (Å²) in [5.41, 5.74) is 2.09. The van der Waals surface area contributed by atoms with Crippen LogP contribution in [0.25, 0.3) is 0 Å².